The van der Waals surface area contributed by atoms with E-state index in [0.29, 0.717) is 12.0 Å². The second kappa shape index (κ2) is 9.48. The molecule has 1 aliphatic heterocycles. The highest BCUT2D eigenvalue weighted by molar-refractivity contribution is 5.85. The van der Waals surface area contributed by atoms with E-state index in [9.17, 15) is 0 Å². The number of hydrogen-bond acceptors (Lipinski definition) is 8. The summed E-state index contributed by atoms with van der Waals surface area (Å²) in [5.74, 6) is 1.48. The lowest BCUT2D eigenvalue weighted by Gasteiger charge is -2.31. The van der Waals surface area contributed by atoms with Crippen LogP contribution in [0.3, 0.4) is 0 Å². The number of hydrogen-bond donors (Lipinski definition) is 1. The van der Waals surface area contributed by atoms with Gasteiger partial charge in [0.25, 0.3) is 0 Å². The molecule has 166 valence electrons. The molecule has 8 heteroatoms. The number of fused-ring (bicyclic) bond motifs is 1. The average Bonchev–Trinajstić information content (AvgIpc) is 2.86. The van der Waals surface area contributed by atoms with Crippen LogP contribution in [-0.4, -0.2) is 58.4 Å². The molecule has 0 unspecified atom stereocenters. The van der Waals surface area contributed by atoms with E-state index >= 15 is 0 Å². The third-order valence-corrected chi connectivity index (χ3v) is 6.11. The van der Waals surface area contributed by atoms with Gasteiger partial charge in [-0.3, -0.25) is 4.98 Å². The maximum atomic E-state index is 6.50. The van der Waals surface area contributed by atoms with E-state index in [1.165, 1.54) is 0 Å². The van der Waals surface area contributed by atoms with Gasteiger partial charge in [-0.2, -0.15) is 0 Å². The van der Waals surface area contributed by atoms with Crippen LogP contribution in [-0.2, 0) is 4.74 Å². The van der Waals surface area contributed by atoms with Crippen molar-refractivity contribution in [3.05, 3.63) is 49.1 Å². The van der Waals surface area contributed by atoms with Crippen LogP contribution < -0.4 is 15.0 Å². The molecule has 0 spiro atoms. The van der Waals surface area contributed by atoms with Crippen LogP contribution in [0.15, 0.2) is 43.5 Å². The lowest BCUT2D eigenvalue weighted by atomic mass is 9.93. The summed E-state index contributed by atoms with van der Waals surface area (Å²) in [6.45, 7) is 6.97. The molecule has 1 aliphatic carbocycles. The summed E-state index contributed by atoms with van der Waals surface area (Å²) < 4.78 is 12.0. The zero-order chi connectivity index (χ0) is 21.8. The maximum Gasteiger partial charge on any atom is 0.222 e. The number of morpholine rings is 1. The van der Waals surface area contributed by atoms with Crippen molar-refractivity contribution in [2.24, 2.45) is 0 Å². The van der Waals surface area contributed by atoms with Crippen LogP contribution in [0.2, 0.25) is 0 Å². The average molecular weight is 433 g/mol. The number of aromatic nitrogens is 4. The highest BCUT2D eigenvalue weighted by Gasteiger charge is 2.24. The normalized spacial score (nSPS) is 21.3. The third-order valence-electron chi connectivity index (χ3n) is 6.11. The van der Waals surface area contributed by atoms with Crippen molar-refractivity contribution in [3.63, 3.8) is 0 Å². The van der Waals surface area contributed by atoms with E-state index < -0.39 is 0 Å². The fourth-order valence-corrected chi connectivity index (χ4v) is 4.33. The number of rotatable bonds is 6. The molecule has 3 heterocycles. The summed E-state index contributed by atoms with van der Waals surface area (Å²) >= 11 is 0. The number of ether oxygens (including phenoxy) is 2. The Bertz CT molecular complexity index is 1060. The van der Waals surface area contributed by atoms with E-state index in [1.807, 2.05) is 0 Å². The van der Waals surface area contributed by atoms with Crippen molar-refractivity contribution in [1.29, 1.82) is 0 Å². The molecule has 1 aromatic carbocycles. The molecule has 1 saturated carbocycles. The fourth-order valence-electron chi connectivity index (χ4n) is 4.33. The lowest BCUT2D eigenvalue weighted by molar-refractivity contribution is 0.122. The molecule has 0 bridgehead atoms. The minimum Gasteiger partial charge on any atom is -0.488 e. The van der Waals surface area contributed by atoms with Gasteiger partial charge in [0.05, 0.1) is 24.8 Å². The molecule has 2 fully saturated rings. The smallest absolute Gasteiger partial charge is 0.222 e. The van der Waals surface area contributed by atoms with Gasteiger partial charge in [0.15, 0.2) is 0 Å². The first-order chi connectivity index (χ1) is 15.8. The largest absolute Gasteiger partial charge is 0.488 e. The Labute approximate surface area is 187 Å². The molecule has 2 aromatic heterocycles. The van der Waals surface area contributed by atoms with Crippen molar-refractivity contribution in [1.82, 2.24) is 19.9 Å². The summed E-state index contributed by atoms with van der Waals surface area (Å²) in [5, 5.41) is 3.45. The summed E-state index contributed by atoms with van der Waals surface area (Å²) in [6.07, 6.45) is 12.9. The molecule has 0 atom stereocenters. The van der Waals surface area contributed by atoms with Crippen LogP contribution in [0.4, 0.5) is 11.6 Å². The monoisotopic (exact) mass is 432 g/mol. The predicted octanol–water partition coefficient (Wildman–Crippen LogP) is 3.70. The maximum absolute atomic E-state index is 6.50. The van der Waals surface area contributed by atoms with Crippen molar-refractivity contribution in [3.8, 4) is 5.75 Å². The predicted molar refractivity (Wildman–Crippen MR) is 125 cm³/mol. The summed E-state index contributed by atoms with van der Waals surface area (Å²) in [5.41, 5.74) is 3.72. The van der Waals surface area contributed by atoms with E-state index in [4.69, 9.17) is 9.47 Å². The zero-order valence-corrected chi connectivity index (χ0v) is 18.1. The van der Waals surface area contributed by atoms with E-state index in [-0.39, 0.29) is 6.10 Å². The quantitative estimate of drug-likeness (QED) is 0.631. The SMILES string of the molecule is C=Cc1cnc(N[C@H]2CC[C@@H](Oc3cc(N4CCOCC4)cc4nccnc34)CC2)nc1. The minimum absolute atomic E-state index is 0.155. The van der Waals surface area contributed by atoms with Crippen LogP contribution in [0.1, 0.15) is 31.2 Å². The minimum atomic E-state index is 0.155. The van der Waals surface area contributed by atoms with Gasteiger partial charge in [0.1, 0.15) is 11.3 Å². The van der Waals surface area contributed by atoms with Crippen molar-refractivity contribution in [2.75, 3.05) is 36.5 Å². The number of nitrogens with one attached hydrogen (secondary N) is 1. The van der Waals surface area contributed by atoms with Gasteiger partial charge in [-0.05, 0) is 31.7 Å². The summed E-state index contributed by atoms with van der Waals surface area (Å²) in [6, 6.07) is 4.56. The molecular weight excluding hydrogens is 404 g/mol. The van der Waals surface area contributed by atoms with Crippen molar-refractivity contribution in [2.45, 2.75) is 37.8 Å². The number of nitrogens with zero attached hydrogens (tertiary/aromatic N) is 5. The highest BCUT2D eigenvalue weighted by Crippen LogP contribution is 2.33. The van der Waals surface area contributed by atoms with E-state index in [1.54, 1.807) is 30.9 Å². The van der Waals surface area contributed by atoms with Crippen molar-refractivity contribution >= 4 is 28.7 Å². The Morgan fingerprint density at radius 3 is 2.50 bits per heavy atom. The van der Waals surface area contributed by atoms with Crippen LogP contribution >= 0.6 is 0 Å². The molecule has 5 rings (SSSR count). The van der Waals surface area contributed by atoms with Crippen LogP contribution in [0.25, 0.3) is 17.1 Å². The number of benzene rings is 1. The Balaban J connectivity index is 1.26. The van der Waals surface area contributed by atoms with Gasteiger partial charge in [-0.15, -0.1) is 0 Å². The highest BCUT2D eigenvalue weighted by atomic mass is 16.5. The third kappa shape index (κ3) is 4.65. The van der Waals surface area contributed by atoms with Gasteiger partial charge in [0.2, 0.25) is 5.95 Å². The van der Waals surface area contributed by atoms with Crippen molar-refractivity contribution < 1.29 is 9.47 Å². The van der Waals surface area contributed by atoms with E-state index in [0.717, 1.165) is 80.0 Å². The molecule has 1 saturated heterocycles. The molecular formula is C24H28N6O2. The first-order valence-electron chi connectivity index (χ1n) is 11.2. The summed E-state index contributed by atoms with van der Waals surface area (Å²) in [4.78, 5) is 20.1. The fraction of sp³-hybridized carbons (Fsp3) is 0.417. The Morgan fingerprint density at radius 2 is 1.75 bits per heavy atom. The second-order valence-electron chi connectivity index (χ2n) is 8.25. The Hall–Kier alpha value is -3.26. The number of anilines is 2. The van der Waals surface area contributed by atoms with Crippen LogP contribution in [0.5, 0.6) is 5.75 Å². The first-order valence-corrected chi connectivity index (χ1v) is 11.2. The molecule has 0 amide bonds. The topological polar surface area (TPSA) is 85.3 Å². The molecule has 1 N–H and O–H groups in total. The van der Waals surface area contributed by atoms with Gasteiger partial charge >= 0.3 is 0 Å². The lowest BCUT2D eigenvalue weighted by Crippen LogP contribution is -2.36. The zero-order valence-electron chi connectivity index (χ0n) is 18.1. The summed E-state index contributed by atoms with van der Waals surface area (Å²) in [7, 11) is 0. The molecule has 0 radical (unpaired) electrons. The van der Waals surface area contributed by atoms with Gasteiger partial charge in [-0.25, -0.2) is 15.0 Å². The van der Waals surface area contributed by atoms with Gasteiger partial charge < -0.3 is 19.7 Å². The Kier molecular flexibility index (Phi) is 6.11. The Morgan fingerprint density at radius 1 is 1.00 bits per heavy atom. The molecule has 32 heavy (non-hydrogen) atoms. The first kappa shape index (κ1) is 20.6. The second-order valence-corrected chi connectivity index (χ2v) is 8.25. The van der Waals surface area contributed by atoms with Crippen LogP contribution in [0, 0.1) is 0 Å². The van der Waals surface area contributed by atoms with Gasteiger partial charge in [-0.1, -0.05) is 12.7 Å². The standard InChI is InChI=1S/C24H28N6O2/c1-2-17-15-27-24(28-16-17)29-18-3-5-20(6-4-18)32-22-14-19(30-9-11-31-12-10-30)13-21-23(22)26-8-7-25-21/h2,7-8,13-16,18,20H,1,3-6,9-12H2,(H,27,28,29)/t18-,20+. The van der Waals surface area contributed by atoms with Gasteiger partial charge in [0, 0.05) is 61.2 Å². The van der Waals surface area contributed by atoms with E-state index in [2.05, 4.69) is 48.9 Å². The molecule has 3 aromatic rings. The molecule has 2 aliphatic rings. The molecule has 8 nitrogen and oxygen atoms in total.